The summed E-state index contributed by atoms with van der Waals surface area (Å²) < 4.78 is 4.07. The van der Waals surface area contributed by atoms with E-state index < -0.39 is 0 Å². The van der Waals surface area contributed by atoms with Crippen molar-refractivity contribution in [1.82, 2.24) is 29.5 Å². The zero-order valence-corrected chi connectivity index (χ0v) is 13.0. The number of fused-ring (bicyclic) bond motifs is 2. The van der Waals surface area contributed by atoms with E-state index in [-0.39, 0.29) is 5.91 Å². The van der Waals surface area contributed by atoms with Crippen LogP contribution in [0.5, 0.6) is 0 Å². The fraction of sp³-hybridized carbons (Fsp3) is 0.429. The smallest absolute Gasteiger partial charge is 0.226 e. The molecule has 0 bridgehead atoms. The Morgan fingerprint density at radius 1 is 1.50 bits per heavy atom. The monoisotopic (exact) mass is 316 g/mol. The largest absolute Gasteiger partial charge is 0.355 e. The predicted octanol–water partition coefficient (Wildman–Crippen LogP) is 0.827. The Bertz CT molecular complexity index is 803. The van der Waals surface area contributed by atoms with E-state index in [1.165, 1.54) is 0 Å². The van der Waals surface area contributed by atoms with Crippen LogP contribution in [0.1, 0.15) is 17.3 Å². The molecule has 114 valence electrons. The Labute approximate surface area is 131 Å². The molecule has 0 spiro atoms. The van der Waals surface area contributed by atoms with Gasteiger partial charge < -0.3 is 9.88 Å². The lowest BCUT2D eigenvalue weighted by Crippen LogP contribution is -2.31. The first-order valence-corrected chi connectivity index (χ1v) is 8.13. The molecule has 0 fully saturated rings. The van der Waals surface area contributed by atoms with Crippen molar-refractivity contribution < 1.29 is 4.79 Å². The molecule has 0 aromatic carbocycles. The van der Waals surface area contributed by atoms with Crippen molar-refractivity contribution in [3.05, 3.63) is 35.1 Å². The highest BCUT2D eigenvalue weighted by molar-refractivity contribution is 7.15. The maximum atomic E-state index is 12.1. The molecule has 7 nitrogen and oxygen atoms in total. The number of aromatic nitrogens is 5. The Morgan fingerprint density at radius 2 is 2.41 bits per heavy atom. The number of imidazole rings is 1. The van der Waals surface area contributed by atoms with Gasteiger partial charge in [-0.25, -0.2) is 4.98 Å². The summed E-state index contributed by atoms with van der Waals surface area (Å²) in [6.07, 6.45) is 5.06. The van der Waals surface area contributed by atoms with E-state index in [0.29, 0.717) is 18.9 Å². The molecule has 1 amide bonds. The molecule has 1 aliphatic heterocycles. The van der Waals surface area contributed by atoms with Gasteiger partial charge in [0.15, 0.2) is 4.96 Å². The van der Waals surface area contributed by atoms with Crippen molar-refractivity contribution in [3.8, 4) is 0 Å². The summed E-state index contributed by atoms with van der Waals surface area (Å²) in [5, 5.41) is 13.2. The van der Waals surface area contributed by atoms with Crippen LogP contribution < -0.4 is 5.32 Å². The zero-order chi connectivity index (χ0) is 15.1. The third-order valence-corrected chi connectivity index (χ3v) is 4.77. The van der Waals surface area contributed by atoms with Crippen LogP contribution in [-0.4, -0.2) is 36.6 Å². The first kappa shape index (κ1) is 13.4. The van der Waals surface area contributed by atoms with Crippen LogP contribution in [0.3, 0.4) is 0 Å². The first-order chi connectivity index (χ1) is 10.7. The number of carbonyl (C=O) groups excluding carboxylic acids is 1. The summed E-state index contributed by atoms with van der Waals surface area (Å²) in [5.74, 6) is 2.39. The molecule has 0 aliphatic carbocycles. The molecular formula is C14H16N6OS. The molecule has 0 saturated carbocycles. The van der Waals surface area contributed by atoms with Gasteiger partial charge in [0.05, 0.1) is 12.1 Å². The highest BCUT2D eigenvalue weighted by Gasteiger charge is 2.25. The number of hydrogen-bond donors (Lipinski definition) is 1. The highest BCUT2D eigenvalue weighted by Crippen LogP contribution is 2.19. The summed E-state index contributed by atoms with van der Waals surface area (Å²) in [5.41, 5.74) is 0.809. The summed E-state index contributed by atoms with van der Waals surface area (Å²) in [6.45, 7) is 3.51. The molecule has 1 N–H and O–H groups in total. The van der Waals surface area contributed by atoms with Crippen LogP contribution in [0.2, 0.25) is 0 Å². The number of nitrogens with zero attached hydrogens (tertiary/aromatic N) is 5. The normalized spacial score (nSPS) is 17.0. The Kier molecular flexibility index (Phi) is 3.18. The van der Waals surface area contributed by atoms with Crippen molar-refractivity contribution in [2.24, 2.45) is 5.92 Å². The second-order valence-electron chi connectivity index (χ2n) is 5.65. The lowest BCUT2D eigenvalue weighted by atomic mass is 10.1. The zero-order valence-electron chi connectivity index (χ0n) is 12.2. The van der Waals surface area contributed by atoms with Gasteiger partial charge in [0.25, 0.3) is 0 Å². The topological polar surface area (TPSA) is 77.1 Å². The summed E-state index contributed by atoms with van der Waals surface area (Å²) in [4.78, 5) is 17.4. The fourth-order valence-corrected chi connectivity index (χ4v) is 3.60. The molecule has 22 heavy (non-hydrogen) atoms. The molecule has 4 rings (SSSR count). The number of hydrogen-bond acceptors (Lipinski definition) is 5. The van der Waals surface area contributed by atoms with Crippen LogP contribution in [-0.2, 0) is 24.2 Å². The van der Waals surface area contributed by atoms with Crippen LogP contribution >= 0.6 is 11.3 Å². The quantitative estimate of drug-likeness (QED) is 0.773. The van der Waals surface area contributed by atoms with E-state index in [9.17, 15) is 4.79 Å². The number of thiazole rings is 1. The molecule has 4 heterocycles. The van der Waals surface area contributed by atoms with E-state index in [0.717, 1.165) is 35.3 Å². The van der Waals surface area contributed by atoms with Crippen molar-refractivity contribution in [3.63, 3.8) is 0 Å². The Hall–Kier alpha value is -2.22. The molecular weight excluding hydrogens is 300 g/mol. The van der Waals surface area contributed by atoms with Gasteiger partial charge in [0, 0.05) is 43.2 Å². The maximum absolute atomic E-state index is 12.1. The maximum Gasteiger partial charge on any atom is 0.226 e. The molecule has 8 heteroatoms. The van der Waals surface area contributed by atoms with Gasteiger partial charge in [-0.05, 0) is 6.92 Å². The Morgan fingerprint density at radius 3 is 3.23 bits per heavy atom. The van der Waals surface area contributed by atoms with Gasteiger partial charge in [-0.15, -0.1) is 21.5 Å². The Balaban J connectivity index is 1.31. The van der Waals surface area contributed by atoms with Gasteiger partial charge in [0.2, 0.25) is 5.91 Å². The average molecular weight is 316 g/mol. The van der Waals surface area contributed by atoms with E-state index >= 15 is 0 Å². The van der Waals surface area contributed by atoms with E-state index in [4.69, 9.17) is 0 Å². The minimum atomic E-state index is 0.0186. The lowest BCUT2D eigenvalue weighted by Gasteiger charge is -2.10. The summed E-state index contributed by atoms with van der Waals surface area (Å²) in [6, 6.07) is 0. The number of aryl methyl sites for hydroxylation is 1. The third-order valence-electron chi connectivity index (χ3n) is 4.00. The number of carbonyl (C=O) groups is 1. The number of rotatable bonds is 4. The highest BCUT2D eigenvalue weighted by atomic mass is 32.1. The second kappa shape index (κ2) is 5.20. The standard InChI is InChI=1S/C14H16N6OS/c1-9-17-18-12-4-10(7-20(9)12)6-15-13(21)5-11-8-19-2-3-22-14(19)16-11/h2-3,8,10H,4-7H2,1H3,(H,15,21). The van der Waals surface area contributed by atoms with E-state index in [1.807, 2.05) is 29.1 Å². The van der Waals surface area contributed by atoms with Gasteiger partial charge in [-0.3, -0.25) is 9.20 Å². The van der Waals surface area contributed by atoms with Gasteiger partial charge >= 0.3 is 0 Å². The minimum Gasteiger partial charge on any atom is -0.355 e. The van der Waals surface area contributed by atoms with Crippen LogP contribution in [0, 0.1) is 12.8 Å². The molecule has 0 saturated heterocycles. The molecule has 0 radical (unpaired) electrons. The molecule has 1 atom stereocenters. The van der Waals surface area contributed by atoms with Crippen LogP contribution in [0.25, 0.3) is 4.96 Å². The van der Waals surface area contributed by atoms with E-state index in [1.54, 1.807) is 11.3 Å². The molecule has 1 aliphatic rings. The summed E-state index contributed by atoms with van der Waals surface area (Å²) in [7, 11) is 0. The van der Waals surface area contributed by atoms with Crippen LogP contribution in [0.4, 0.5) is 0 Å². The van der Waals surface area contributed by atoms with Crippen LogP contribution in [0.15, 0.2) is 17.8 Å². The van der Waals surface area contributed by atoms with Crippen molar-refractivity contribution in [2.75, 3.05) is 6.54 Å². The van der Waals surface area contributed by atoms with E-state index in [2.05, 4.69) is 25.1 Å². The minimum absolute atomic E-state index is 0.0186. The second-order valence-corrected chi connectivity index (χ2v) is 6.52. The molecule has 3 aromatic rings. The first-order valence-electron chi connectivity index (χ1n) is 7.25. The number of amides is 1. The molecule has 3 aromatic heterocycles. The van der Waals surface area contributed by atoms with Gasteiger partial charge in [-0.1, -0.05) is 0 Å². The third kappa shape index (κ3) is 2.39. The molecule has 1 unspecified atom stereocenters. The average Bonchev–Trinajstić information content (AvgIpc) is 3.19. The van der Waals surface area contributed by atoms with Crippen molar-refractivity contribution in [2.45, 2.75) is 26.3 Å². The fourth-order valence-electron chi connectivity index (χ4n) is 2.88. The van der Waals surface area contributed by atoms with Crippen molar-refractivity contribution in [1.29, 1.82) is 0 Å². The van der Waals surface area contributed by atoms with Gasteiger partial charge in [-0.2, -0.15) is 0 Å². The lowest BCUT2D eigenvalue weighted by molar-refractivity contribution is -0.120. The SMILES string of the molecule is Cc1nnc2n1CC(CNC(=O)Cc1cn3ccsc3n1)C2. The number of nitrogens with one attached hydrogen (secondary N) is 1. The summed E-state index contributed by atoms with van der Waals surface area (Å²) >= 11 is 1.57. The van der Waals surface area contributed by atoms with Crippen molar-refractivity contribution >= 4 is 22.2 Å². The van der Waals surface area contributed by atoms with Gasteiger partial charge in [0.1, 0.15) is 11.6 Å². The predicted molar refractivity (Wildman–Crippen MR) is 81.7 cm³/mol.